The van der Waals surface area contributed by atoms with Gasteiger partial charge in [-0.05, 0) is 12.5 Å². The van der Waals surface area contributed by atoms with Gasteiger partial charge in [0.05, 0.1) is 22.1 Å². The lowest BCUT2D eigenvalue weighted by Gasteiger charge is -2.24. The number of rotatable bonds is 7. The minimum absolute atomic E-state index is 0.0465. The van der Waals surface area contributed by atoms with E-state index in [1.54, 1.807) is 30.3 Å². The van der Waals surface area contributed by atoms with Gasteiger partial charge in [0.2, 0.25) is 0 Å². The van der Waals surface area contributed by atoms with Gasteiger partial charge in [0.25, 0.3) is 17.4 Å². The fourth-order valence-electron chi connectivity index (χ4n) is 3.47. The number of likely N-dealkylation sites (tertiary alicyclic amines) is 1. The molecule has 1 saturated heterocycles. The minimum atomic E-state index is -1.21. The average Bonchev–Trinajstić information content (AvgIpc) is 2.98. The topological polar surface area (TPSA) is 138 Å². The van der Waals surface area contributed by atoms with Crippen molar-refractivity contribution in [2.45, 2.75) is 18.9 Å². The molecule has 0 aliphatic carbocycles. The second-order valence-electron chi connectivity index (χ2n) is 6.67. The summed E-state index contributed by atoms with van der Waals surface area (Å²) in [7, 11) is 0. The Bertz CT molecular complexity index is 1050. The maximum atomic E-state index is 12.8. The highest BCUT2D eigenvalue weighted by atomic mass is 16.6. The molecule has 9 heteroatoms. The molecule has 1 aliphatic heterocycles. The van der Waals surface area contributed by atoms with E-state index < -0.39 is 34.4 Å². The maximum absolute atomic E-state index is 12.8. The van der Waals surface area contributed by atoms with E-state index >= 15 is 0 Å². The molecule has 2 N–H and O–H groups in total. The number of carboxylic acid groups (broad SMARTS) is 1. The van der Waals surface area contributed by atoms with E-state index in [0.29, 0.717) is 0 Å². The summed E-state index contributed by atoms with van der Waals surface area (Å²) in [5.41, 5.74) is -0.235. The molecular formula is C21H18N2O7. The fraction of sp³-hybridized carbons (Fsp3) is 0.190. The van der Waals surface area contributed by atoms with E-state index in [-0.39, 0.29) is 41.8 Å². The number of nitrogens with zero attached hydrogens (tertiary/aromatic N) is 2. The summed E-state index contributed by atoms with van der Waals surface area (Å²) in [5.74, 6) is -3.44. The lowest BCUT2D eigenvalue weighted by Crippen LogP contribution is -2.31. The average molecular weight is 410 g/mol. The number of carboxylic acids is 1. The summed E-state index contributed by atoms with van der Waals surface area (Å²) < 4.78 is 0. The lowest BCUT2D eigenvalue weighted by atomic mass is 9.94. The third-order valence-electron chi connectivity index (χ3n) is 4.80. The van der Waals surface area contributed by atoms with E-state index in [4.69, 9.17) is 5.11 Å². The van der Waals surface area contributed by atoms with Crippen molar-refractivity contribution < 1.29 is 29.5 Å². The quantitative estimate of drug-likeness (QED) is 0.235. The van der Waals surface area contributed by atoms with E-state index in [0.717, 1.165) is 4.90 Å². The molecule has 0 spiro atoms. The number of hydrogen-bond acceptors (Lipinski definition) is 6. The molecule has 1 heterocycles. The summed E-state index contributed by atoms with van der Waals surface area (Å²) in [4.78, 5) is 48.4. The molecule has 1 unspecified atom stereocenters. The van der Waals surface area contributed by atoms with Crippen LogP contribution >= 0.6 is 0 Å². The number of Topliss-reactive ketones (excluding diaryl/α,β-unsaturated/α-hetero) is 1. The van der Waals surface area contributed by atoms with Crippen LogP contribution in [0.1, 0.15) is 30.0 Å². The van der Waals surface area contributed by atoms with Crippen LogP contribution in [-0.2, 0) is 14.4 Å². The van der Waals surface area contributed by atoms with Crippen molar-refractivity contribution in [2.24, 2.45) is 0 Å². The largest absolute Gasteiger partial charge is 0.507 e. The van der Waals surface area contributed by atoms with E-state index in [2.05, 4.69) is 0 Å². The number of hydrogen-bond donors (Lipinski definition) is 2. The first-order chi connectivity index (χ1) is 14.3. The Morgan fingerprint density at radius 2 is 1.67 bits per heavy atom. The fourth-order valence-corrected chi connectivity index (χ4v) is 3.47. The molecular weight excluding hydrogens is 392 g/mol. The van der Waals surface area contributed by atoms with E-state index in [9.17, 15) is 29.6 Å². The minimum Gasteiger partial charge on any atom is -0.507 e. The lowest BCUT2D eigenvalue weighted by molar-refractivity contribution is -0.385. The van der Waals surface area contributed by atoms with Crippen molar-refractivity contribution >= 4 is 29.1 Å². The maximum Gasteiger partial charge on any atom is 0.303 e. The van der Waals surface area contributed by atoms with Gasteiger partial charge in [-0.3, -0.25) is 24.5 Å². The van der Waals surface area contributed by atoms with Crippen molar-refractivity contribution in [3.05, 3.63) is 81.4 Å². The van der Waals surface area contributed by atoms with Crippen molar-refractivity contribution in [2.75, 3.05) is 6.54 Å². The second kappa shape index (κ2) is 8.56. The Morgan fingerprint density at radius 3 is 2.30 bits per heavy atom. The van der Waals surface area contributed by atoms with Gasteiger partial charge in [-0.2, -0.15) is 0 Å². The van der Waals surface area contributed by atoms with Crippen LogP contribution < -0.4 is 0 Å². The Morgan fingerprint density at radius 1 is 1.03 bits per heavy atom. The third kappa shape index (κ3) is 3.90. The highest BCUT2D eigenvalue weighted by Gasteiger charge is 2.47. The number of nitro groups is 1. The number of aliphatic hydroxyl groups excluding tert-OH is 1. The van der Waals surface area contributed by atoms with Crippen LogP contribution in [0.4, 0.5) is 5.69 Å². The first kappa shape index (κ1) is 20.7. The van der Waals surface area contributed by atoms with E-state index in [1.807, 2.05) is 0 Å². The zero-order valence-corrected chi connectivity index (χ0v) is 15.7. The highest BCUT2D eigenvalue weighted by molar-refractivity contribution is 6.46. The molecule has 30 heavy (non-hydrogen) atoms. The zero-order chi connectivity index (χ0) is 21.8. The first-order valence-electron chi connectivity index (χ1n) is 9.12. The van der Waals surface area contributed by atoms with Crippen LogP contribution in [0.15, 0.2) is 60.2 Å². The van der Waals surface area contributed by atoms with Crippen molar-refractivity contribution in [3.63, 3.8) is 0 Å². The molecule has 0 radical (unpaired) electrons. The molecule has 1 fully saturated rings. The Balaban J connectivity index is 2.18. The summed E-state index contributed by atoms with van der Waals surface area (Å²) in [6.45, 7) is -0.112. The third-order valence-corrected chi connectivity index (χ3v) is 4.80. The zero-order valence-electron chi connectivity index (χ0n) is 15.7. The predicted octanol–water partition coefficient (Wildman–Crippen LogP) is 2.88. The number of aliphatic carboxylic acids is 1. The standard InChI is InChI=1S/C21H18N2O7/c24-16(25)11-6-12-22-18(14-9-4-5-10-15(14)23(29)30)17(20(27)21(22)28)19(26)13-7-2-1-3-8-13/h1-5,7-10,18,26H,6,11-12H2,(H,24,25)/b19-17-. The van der Waals surface area contributed by atoms with Gasteiger partial charge in [0.15, 0.2) is 0 Å². The number of aliphatic hydroxyl groups is 1. The molecule has 0 aromatic heterocycles. The van der Waals surface area contributed by atoms with Gasteiger partial charge in [-0.1, -0.05) is 42.5 Å². The Hall–Kier alpha value is -4.01. The number of carbonyl (C=O) groups is 3. The van der Waals surface area contributed by atoms with Crippen LogP contribution in [0.5, 0.6) is 0 Å². The monoisotopic (exact) mass is 410 g/mol. The summed E-state index contributed by atoms with van der Waals surface area (Å²) >= 11 is 0. The van der Waals surface area contributed by atoms with Crippen LogP contribution in [-0.4, -0.2) is 44.2 Å². The number of para-hydroxylation sites is 1. The number of benzene rings is 2. The van der Waals surface area contributed by atoms with Crippen LogP contribution in [0, 0.1) is 10.1 Å². The Kier molecular flexibility index (Phi) is 5.91. The Labute approximate surface area is 171 Å². The molecule has 1 aliphatic rings. The van der Waals surface area contributed by atoms with Gasteiger partial charge >= 0.3 is 5.97 Å². The molecule has 2 aromatic rings. The summed E-state index contributed by atoms with van der Waals surface area (Å²) in [6.07, 6.45) is -0.198. The van der Waals surface area contributed by atoms with Crippen molar-refractivity contribution in [3.8, 4) is 0 Å². The van der Waals surface area contributed by atoms with Crippen LogP contribution in [0.25, 0.3) is 5.76 Å². The SMILES string of the molecule is O=C(O)CCCN1C(=O)C(=O)/C(=C(\O)c2ccccc2)C1c1ccccc1[N+](=O)[O-]. The van der Waals surface area contributed by atoms with Gasteiger partial charge in [-0.15, -0.1) is 0 Å². The predicted molar refractivity (Wildman–Crippen MR) is 105 cm³/mol. The van der Waals surface area contributed by atoms with Crippen LogP contribution in [0.2, 0.25) is 0 Å². The van der Waals surface area contributed by atoms with Crippen molar-refractivity contribution in [1.29, 1.82) is 0 Å². The second-order valence-corrected chi connectivity index (χ2v) is 6.67. The number of carbonyl (C=O) groups excluding carboxylic acids is 2. The molecule has 154 valence electrons. The summed E-state index contributed by atoms with van der Waals surface area (Å²) in [6, 6.07) is 12.5. The van der Waals surface area contributed by atoms with Gasteiger partial charge in [-0.25, -0.2) is 0 Å². The molecule has 9 nitrogen and oxygen atoms in total. The number of ketones is 1. The number of nitro benzene ring substituents is 1. The molecule has 0 bridgehead atoms. The van der Waals surface area contributed by atoms with Gasteiger partial charge in [0.1, 0.15) is 5.76 Å². The first-order valence-corrected chi connectivity index (χ1v) is 9.12. The van der Waals surface area contributed by atoms with E-state index in [1.165, 1.54) is 24.3 Å². The van der Waals surface area contributed by atoms with Crippen molar-refractivity contribution in [1.82, 2.24) is 4.90 Å². The highest BCUT2D eigenvalue weighted by Crippen LogP contribution is 2.42. The molecule has 3 rings (SSSR count). The molecule has 0 saturated carbocycles. The van der Waals surface area contributed by atoms with Gasteiger partial charge in [0, 0.05) is 24.6 Å². The molecule has 1 atom stereocenters. The van der Waals surface area contributed by atoms with Crippen LogP contribution in [0.3, 0.4) is 0 Å². The number of amides is 1. The molecule has 2 aromatic carbocycles. The smallest absolute Gasteiger partial charge is 0.303 e. The normalized spacial score (nSPS) is 17.9. The molecule has 1 amide bonds. The van der Waals surface area contributed by atoms with Gasteiger partial charge < -0.3 is 15.1 Å². The summed E-state index contributed by atoms with van der Waals surface area (Å²) in [5, 5.41) is 31.3.